The fraction of sp³-hybridized carbons (Fsp3) is 0.286. The monoisotopic (exact) mass is 430 g/mol. The minimum atomic E-state index is -0.506. The van der Waals surface area contributed by atoms with Crippen molar-refractivity contribution in [3.8, 4) is 11.5 Å². The van der Waals surface area contributed by atoms with Gasteiger partial charge in [-0.25, -0.2) is 9.59 Å². The molecular weight excluding hydrogens is 400 g/mol. The van der Waals surface area contributed by atoms with Crippen molar-refractivity contribution < 1.29 is 19.1 Å². The van der Waals surface area contributed by atoms with Crippen molar-refractivity contribution in [1.82, 2.24) is 0 Å². The molecular formula is C28H30O4. The summed E-state index contributed by atoms with van der Waals surface area (Å²) in [6.07, 6.45) is 0. The van der Waals surface area contributed by atoms with Crippen LogP contribution in [0, 0.1) is 0 Å². The smallest absolute Gasteiger partial charge is 0.343 e. The molecule has 4 heteroatoms. The highest BCUT2D eigenvalue weighted by Crippen LogP contribution is 2.43. The first kappa shape index (κ1) is 23.3. The molecule has 0 atom stereocenters. The van der Waals surface area contributed by atoms with E-state index in [1.807, 2.05) is 39.0 Å². The SMILES string of the molecule is CC(C)(C)c1cc(OC(=O)c2ccccc2)c(OC(=O)c2ccccc2)c(C(C)(C)C)c1. The number of carbonyl (C=O) groups is 2. The molecule has 0 unspecified atom stereocenters. The summed E-state index contributed by atoms with van der Waals surface area (Å²) in [6, 6.07) is 21.4. The molecule has 0 saturated heterocycles. The summed E-state index contributed by atoms with van der Waals surface area (Å²) < 4.78 is 11.7. The van der Waals surface area contributed by atoms with E-state index < -0.39 is 11.9 Å². The lowest BCUT2D eigenvalue weighted by Gasteiger charge is -2.28. The van der Waals surface area contributed by atoms with Gasteiger partial charge in [0.2, 0.25) is 0 Å². The second kappa shape index (κ2) is 8.99. The molecule has 166 valence electrons. The van der Waals surface area contributed by atoms with Gasteiger partial charge in [0.05, 0.1) is 11.1 Å². The first-order chi connectivity index (χ1) is 15.0. The molecule has 0 aromatic heterocycles. The average Bonchev–Trinajstić information content (AvgIpc) is 2.74. The summed E-state index contributed by atoms with van der Waals surface area (Å²) in [5.74, 6) is -0.505. The van der Waals surface area contributed by atoms with Gasteiger partial charge in [0.15, 0.2) is 11.5 Å². The molecule has 0 bridgehead atoms. The molecule has 0 aliphatic carbocycles. The highest BCUT2D eigenvalue weighted by molar-refractivity contribution is 5.93. The van der Waals surface area contributed by atoms with Crippen molar-refractivity contribution >= 4 is 11.9 Å². The van der Waals surface area contributed by atoms with Gasteiger partial charge in [-0.2, -0.15) is 0 Å². The highest BCUT2D eigenvalue weighted by atomic mass is 16.6. The molecule has 4 nitrogen and oxygen atoms in total. The Hall–Kier alpha value is -3.40. The van der Waals surface area contributed by atoms with Crippen molar-refractivity contribution in [2.45, 2.75) is 52.4 Å². The lowest BCUT2D eigenvalue weighted by atomic mass is 9.80. The molecule has 0 spiro atoms. The third kappa shape index (κ3) is 5.44. The Kier molecular flexibility index (Phi) is 6.54. The van der Waals surface area contributed by atoms with Crippen LogP contribution in [-0.4, -0.2) is 11.9 Å². The minimum absolute atomic E-state index is 0.199. The fourth-order valence-electron chi connectivity index (χ4n) is 3.23. The van der Waals surface area contributed by atoms with Gasteiger partial charge in [0.1, 0.15) is 0 Å². The predicted octanol–water partition coefficient (Wildman–Crippen LogP) is 6.72. The Labute approximate surface area is 190 Å². The Morgan fingerprint density at radius 1 is 0.625 bits per heavy atom. The Morgan fingerprint density at radius 3 is 1.53 bits per heavy atom. The van der Waals surface area contributed by atoms with Crippen LogP contribution in [0.3, 0.4) is 0 Å². The zero-order chi connectivity index (χ0) is 23.5. The van der Waals surface area contributed by atoms with E-state index in [0.29, 0.717) is 11.1 Å². The van der Waals surface area contributed by atoms with Gasteiger partial charge in [0, 0.05) is 5.56 Å². The molecule has 32 heavy (non-hydrogen) atoms. The van der Waals surface area contributed by atoms with Crippen molar-refractivity contribution in [2.24, 2.45) is 0 Å². The van der Waals surface area contributed by atoms with E-state index in [2.05, 4.69) is 20.8 Å². The van der Waals surface area contributed by atoms with Crippen LogP contribution in [-0.2, 0) is 10.8 Å². The highest BCUT2D eigenvalue weighted by Gasteiger charge is 2.29. The van der Waals surface area contributed by atoms with E-state index >= 15 is 0 Å². The predicted molar refractivity (Wildman–Crippen MR) is 127 cm³/mol. The quantitative estimate of drug-likeness (QED) is 0.340. The van der Waals surface area contributed by atoms with Crippen LogP contribution in [0.15, 0.2) is 72.8 Å². The van der Waals surface area contributed by atoms with Gasteiger partial charge in [-0.05, 0) is 46.7 Å². The summed E-state index contributed by atoms with van der Waals surface area (Å²) in [6.45, 7) is 12.4. The number of hydrogen-bond acceptors (Lipinski definition) is 4. The standard InChI is InChI=1S/C28H30O4/c1-27(2,3)21-17-22(28(4,5)6)24(32-26(30)20-15-11-8-12-16-20)23(18-21)31-25(29)19-13-9-7-10-14-19/h7-18H,1-6H3. The molecule has 0 aliphatic rings. The second-order valence-corrected chi connectivity index (χ2v) is 9.86. The number of esters is 2. The van der Waals surface area contributed by atoms with Crippen molar-refractivity contribution in [2.75, 3.05) is 0 Å². The van der Waals surface area contributed by atoms with E-state index in [-0.39, 0.29) is 22.3 Å². The number of hydrogen-bond donors (Lipinski definition) is 0. The Balaban J connectivity index is 2.14. The van der Waals surface area contributed by atoms with Crippen LogP contribution in [0.5, 0.6) is 11.5 Å². The summed E-state index contributed by atoms with van der Waals surface area (Å²) >= 11 is 0. The largest absolute Gasteiger partial charge is 0.419 e. The minimum Gasteiger partial charge on any atom is -0.419 e. The number of carbonyl (C=O) groups excluding carboxylic acids is 2. The third-order valence-corrected chi connectivity index (χ3v) is 5.15. The van der Waals surface area contributed by atoms with Gasteiger partial charge in [-0.1, -0.05) is 84.0 Å². The first-order valence-electron chi connectivity index (χ1n) is 10.7. The molecule has 0 N–H and O–H groups in total. The van der Waals surface area contributed by atoms with Crippen molar-refractivity contribution in [1.29, 1.82) is 0 Å². The molecule has 3 aromatic carbocycles. The maximum Gasteiger partial charge on any atom is 0.343 e. The van der Waals surface area contributed by atoms with Crippen LogP contribution >= 0.6 is 0 Å². The van der Waals surface area contributed by atoms with E-state index in [9.17, 15) is 9.59 Å². The van der Waals surface area contributed by atoms with Crippen molar-refractivity contribution in [3.63, 3.8) is 0 Å². The van der Waals surface area contributed by atoms with Gasteiger partial charge in [-0.3, -0.25) is 0 Å². The van der Waals surface area contributed by atoms with Crippen molar-refractivity contribution in [3.05, 3.63) is 95.1 Å². The van der Waals surface area contributed by atoms with Gasteiger partial charge in [-0.15, -0.1) is 0 Å². The zero-order valence-corrected chi connectivity index (χ0v) is 19.6. The Bertz CT molecular complexity index is 1100. The molecule has 0 amide bonds. The van der Waals surface area contributed by atoms with Gasteiger partial charge >= 0.3 is 11.9 Å². The van der Waals surface area contributed by atoms with E-state index in [1.54, 1.807) is 54.6 Å². The van der Waals surface area contributed by atoms with E-state index in [0.717, 1.165) is 11.1 Å². The van der Waals surface area contributed by atoms with Crippen LogP contribution in [0.25, 0.3) is 0 Å². The van der Waals surface area contributed by atoms with E-state index in [1.165, 1.54) is 0 Å². The number of rotatable bonds is 4. The normalized spacial score (nSPS) is 11.7. The maximum atomic E-state index is 12.9. The summed E-state index contributed by atoms with van der Waals surface area (Å²) in [7, 11) is 0. The van der Waals surface area contributed by atoms with Crippen LogP contribution in [0.1, 0.15) is 73.4 Å². The number of benzene rings is 3. The molecule has 0 fully saturated rings. The third-order valence-electron chi connectivity index (χ3n) is 5.15. The zero-order valence-electron chi connectivity index (χ0n) is 19.6. The maximum absolute atomic E-state index is 12.9. The molecule has 0 radical (unpaired) electrons. The van der Waals surface area contributed by atoms with Gasteiger partial charge < -0.3 is 9.47 Å². The van der Waals surface area contributed by atoms with Crippen LogP contribution < -0.4 is 9.47 Å². The number of ether oxygens (including phenoxy) is 2. The molecule has 3 rings (SSSR count). The molecule has 3 aromatic rings. The van der Waals surface area contributed by atoms with Gasteiger partial charge in [0.25, 0.3) is 0 Å². The second-order valence-electron chi connectivity index (χ2n) is 9.86. The van der Waals surface area contributed by atoms with Crippen LogP contribution in [0.2, 0.25) is 0 Å². The summed E-state index contributed by atoms with van der Waals surface area (Å²) in [5.41, 5.74) is 2.07. The molecule has 0 heterocycles. The Morgan fingerprint density at radius 2 is 1.09 bits per heavy atom. The molecule has 0 aliphatic heterocycles. The van der Waals surface area contributed by atoms with E-state index in [4.69, 9.17) is 9.47 Å². The average molecular weight is 431 g/mol. The fourth-order valence-corrected chi connectivity index (χ4v) is 3.23. The topological polar surface area (TPSA) is 52.6 Å². The lowest BCUT2D eigenvalue weighted by Crippen LogP contribution is -2.21. The first-order valence-corrected chi connectivity index (χ1v) is 10.7. The summed E-state index contributed by atoms with van der Waals surface area (Å²) in [4.78, 5) is 25.8. The lowest BCUT2D eigenvalue weighted by molar-refractivity contribution is 0.0679. The van der Waals surface area contributed by atoms with Crippen LogP contribution in [0.4, 0.5) is 0 Å². The summed E-state index contributed by atoms with van der Waals surface area (Å²) in [5, 5.41) is 0. The molecule has 0 saturated carbocycles.